The van der Waals surface area contributed by atoms with E-state index in [4.69, 9.17) is 0 Å². The van der Waals surface area contributed by atoms with Gasteiger partial charge in [-0.2, -0.15) is 13.2 Å². The molecule has 1 aromatic carbocycles. The summed E-state index contributed by atoms with van der Waals surface area (Å²) in [6, 6.07) is 5.85. The molecule has 1 aliphatic rings. The number of benzene rings is 1. The zero-order valence-electron chi connectivity index (χ0n) is 14.1. The topological polar surface area (TPSA) is 61.4 Å². The average Bonchev–Trinajstić information content (AvgIpc) is 2.62. The number of piperazine rings is 1. The van der Waals surface area contributed by atoms with E-state index in [2.05, 4.69) is 25.1 Å². The van der Waals surface area contributed by atoms with Crippen LogP contribution in [0.15, 0.2) is 36.7 Å². The highest BCUT2D eigenvalue weighted by molar-refractivity contribution is 6.03. The molecule has 3 rings (SSSR count). The molecule has 138 valence electrons. The van der Waals surface area contributed by atoms with Crippen molar-refractivity contribution in [2.24, 2.45) is 0 Å². The first-order valence-corrected chi connectivity index (χ1v) is 8.07. The molecule has 2 aromatic rings. The molecule has 0 bridgehead atoms. The lowest BCUT2D eigenvalue weighted by Crippen LogP contribution is -2.44. The molecule has 1 aromatic heterocycles. The summed E-state index contributed by atoms with van der Waals surface area (Å²) >= 11 is 0. The maximum atomic E-state index is 12.6. The maximum absolute atomic E-state index is 12.6. The van der Waals surface area contributed by atoms with Gasteiger partial charge in [-0.1, -0.05) is 0 Å². The molecule has 26 heavy (non-hydrogen) atoms. The van der Waals surface area contributed by atoms with E-state index in [0.717, 1.165) is 38.3 Å². The second-order valence-corrected chi connectivity index (χ2v) is 6.08. The van der Waals surface area contributed by atoms with Crippen molar-refractivity contribution >= 4 is 17.4 Å². The fourth-order valence-corrected chi connectivity index (χ4v) is 2.62. The minimum atomic E-state index is -4.41. The zero-order valence-corrected chi connectivity index (χ0v) is 14.1. The molecule has 1 N–H and O–H groups in total. The molecule has 1 saturated heterocycles. The van der Waals surface area contributed by atoms with Gasteiger partial charge in [-0.05, 0) is 31.3 Å². The van der Waals surface area contributed by atoms with Crippen molar-refractivity contribution in [1.82, 2.24) is 14.9 Å². The van der Waals surface area contributed by atoms with E-state index in [1.54, 1.807) is 6.07 Å². The number of anilines is 2. The van der Waals surface area contributed by atoms with Gasteiger partial charge in [0.15, 0.2) is 0 Å². The first-order valence-electron chi connectivity index (χ1n) is 8.07. The van der Waals surface area contributed by atoms with Gasteiger partial charge >= 0.3 is 6.18 Å². The average molecular weight is 365 g/mol. The van der Waals surface area contributed by atoms with Gasteiger partial charge in [0.05, 0.1) is 5.56 Å². The Morgan fingerprint density at radius 3 is 2.35 bits per heavy atom. The Morgan fingerprint density at radius 1 is 1.08 bits per heavy atom. The van der Waals surface area contributed by atoms with E-state index in [1.807, 2.05) is 7.05 Å². The summed E-state index contributed by atoms with van der Waals surface area (Å²) in [5.41, 5.74) is -0.341. The number of carbonyl (C=O) groups excluding carboxylic acids is 1. The fraction of sp³-hybridized carbons (Fsp3) is 0.353. The summed E-state index contributed by atoms with van der Waals surface area (Å²) in [6.45, 7) is 3.40. The van der Waals surface area contributed by atoms with Crippen LogP contribution in [0.1, 0.15) is 16.1 Å². The molecule has 0 atom stereocenters. The van der Waals surface area contributed by atoms with Gasteiger partial charge in [-0.3, -0.25) is 4.79 Å². The first-order chi connectivity index (χ1) is 12.3. The molecule has 2 heterocycles. The van der Waals surface area contributed by atoms with Crippen molar-refractivity contribution in [3.8, 4) is 0 Å². The van der Waals surface area contributed by atoms with Crippen LogP contribution in [-0.2, 0) is 6.18 Å². The number of carbonyl (C=O) groups is 1. The molecule has 9 heteroatoms. The van der Waals surface area contributed by atoms with Gasteiger partial charge in [0.2, 0.25) is 0 Å². The lowest BCUT2D eigenvalue weighted by molar-refractivity contribution is -0.137. The molecule has 0 aliphatic carbocycles. The molecule has 0 radical (unpaired) electrons. The predicted molar refractivity (Wildman–Crippen MR) is 91.1 cm³/mol. The van der Waals surface area contributed by atoms with Crippen LogP contribution in [0.2, 0.25) is 0 Å². The van der Waals surface area contributed by atoms with Crippen LogP contribution in [-0.4, -0.2) is 54.0 Å². The Hall–Kier alpha value is -2.68. The monoisotopic (exact) mass is 365 g/mol. The van der Waals surface area contributed by atoms with E-state index in [0.29, 0.717) is 5.82 Å². The third kappa shape index (κ3) is 4.29. The zero-order chi connectivity index (χ0) is 18.7. The van der Waals surface area contributed by atoms with Crippen LogP contribution in [0, 0.1) is 0 Å². The van der Waals surface area contributed by atoms with Crippen LogP contribution >= 0.6 is 0 Å². The van der Waals surface area contributed by atoms with Gasteiger partial charge in [0.1, 0.15) is 17.8 Å². The second kappa shape index (κ2) is 7.28. The fourth-order valence-electron chi connectivity index (χ4n) is 2.62. The van der Waals surface area contributed by atoms with Crippen LogP contribution < -0.4 is 10.2 Å². The Kier molecular flexibility index (Phi) is 5.08. The molecular weight excluding hydrogens is 347 g/mol. The summed E-state index contributed by atoms with van der Waals surface area (Å²) in [4.78, 5) is 24.8. The third-order valence-electron chi connectivity index (χ3n) is 4.18. The number of alkyl halides is 3. The Balaban J connectivity index is 1.69. The van der Waals surface area contributed by atoms with Crippen molar-refractivity contribution in [3.63, 3.8) is 0 Å². The SMILES string of the molecule is CN1CCN(c2cc(C(=O)Nc3ccc(C(F)(F)F)cc3)ncn2)CC1. The van der Waals surface area contributed by atoms with E-state index in [9.17, 15) is 18.0 Å². The molecule has 6 nitrogen and oxygen atoms in total. The lowest BCUT2D eigenvalue weighted by Gasteiger charge is -2.33. The van der Waals surface area contributed by atoms with Gasteiger partial charge < -0.3 is 15.1 Å². The van der Waals surface area contributed by atoms with Crippen molar-refractivity contribution in [1.29, 1.82) is 0 Å². The van der Waals surface area contributed by atoms with Crippen molar-refractivity contribution in [2.75, 3.05) is 43.4 Å². The van der Waals surface area contributed by atoms with E-state index in [-0.39, 0.29) is 11.4 Å². The molecule has 0 unspecified atom stereocenters. The minimum Gasteiger partial charge on any atom is -0.354 e. The highest BCUT2D eigenvalue weighted by Crippen LogP contribution is 2.29. The number of nitrogens with one attached hydrogen (secondary N) is 1. The van der Waals surface area contributed by atoms with Gasteiger partial charge in [-0.15, -0.1) is 0 Å². The number of aromatic nitrogens is 2. The second-order valence-electron chi connectivity index (χ2n) is 6.08. The van der Waals surface area contributed by atoms with Gasteiger partial charge in [0.25, 0.3) is 5.91 Å². The summed E-state index contributed by atoms with van der Waals surface area (Å²) in [7, 11) is 2.04. The quantitative estimate of drug-likeness (QED) is 0.906. The largest absolute Gasteiger partial charge is 0.416 e. The van der Waals surface area contributed by atoms with Gasteiger partial charge in [0, 0.05) is 37.9 Å². The Bertz CT molecular complexity index is 771. The number of likely N-dealkylation sites (N-methyl/N-ethyl adjacent to an activating group) is 1. The lowest BCUT2D eigenvalue weighted by atomic mass is 10.2. The van der Waals surface area contributed by atoms with E-state index in [1.165, 1.54) is 18.5 Å². The van der Waals surface area contributed by atoms with Gasteiger partial charge in [-0.25, -0.2) is 9.97 Å². The maximum Gasteiger partial charge on any atom is 0.416 e. The summed E-state index contributed by atoms with van der Waals surface area (Å²) in [5.74, 6) is 0.160. The number of amides is 1. The van der Waals surface area contributed by atoms with Crippen molar-refractivity contribution < 1.29 is 18.0 Å². The third-order valence-corrected chi connectivity index (χ3v) is 4.18. The number of hydrogen-bond acceptors (Lipinski definition) is 5. The predicted octanol–water partition coefficient (Wildman–Crippen LogP) is 2.50. The summed E-state index contributed by atoms with van der Waals surface area (Å²) in [6.07, 6.45) is -3.10. The highest BCUT2D eigenvalue weighted by atomic mass is 19.4. The minimum absolute atomic E-state index is 0.161. The Morgan fingerprint density at radius 2 is 1.73 bits per heavy atom. The van der Waals surface area contributed by atoms with Crippen LogP contribution in [0.5, 0.6) is 0 Å². The molecule has 1 fully saturated rings. The summed E-state index contributed by atoms with van der Waals surface area (Å²) < 4.78 is 37.7. The van der Waals surface area contributed by atoms with Crippen LogP contribution in [0.4, 0.5) is 24.7 Å². The molecular formula is C17H18F3N5O. The molecule has 0 saturated carbocycles. The number of nitrogens with zero attached hydrogens (tertiary/aromatic N) is 4. The van der Waals surface area contributed by atoms with Crippen molar-refractivity contribution in [2.45, 2.75) is 6.18 Å². The van der Waals surface area contributed by atoms with E-state index < -0.39 is 17.6 Å². The number of rotatable bonds is 3. The standard InChI is InChI=1S/C17H18F3N5O/c1-24-6-8-25(9-7-24)15-10-14(21-11-22-15)16(26)23-13-4-2-12(3-5-13)17(18,19)20/h2-5,10-11H,6-9H2,1H3,(H,23,26). The van der Waals surface area contributed by atoms with Crippen LogP contribution in [0.25, 0.3) is 0 Å². The molecule has 1 aliphatic heterocycles. The smallest absolute Gasteiger partial charge is 0.354 e. The molecule has 1 amide bonds. The summed E-state index contributed by atoms with van der Waals surface area (Å²) in [5, 5.41) is 2.55. The van der Waals surface area contributed by atoms with Crippen LogP contribution in [0.3, 0.4) is 0 Å². The van der Waals surface area contributed by atoms with Crippen molar-refractivity contribution in [3.05, 3.63) is 47.9 Å². The first kappa shape index (κ1) is 18.1. The molecule has 0 spiro atoms. The normalized spacial score (nSPS) is 15.8. The number of hydrogen-bond donors (Lipinski definition) is 1. The number of halogens is 3. The van der Waals surface area contributed by atoms with E-state index >= 15 is 0 Å². The Labute approximate surface area is 148 Å². The highest BCUT2D eigenvalue weighted by Gasteiger charge is 2.30.